The Hall–Kier alpha value is -3.55. The molecule has 2 aromatic heterocycles. The summed E-state index contributed by atoms with van der Waals surface area (Å²) in [6.45, 7) is 4.75. The number of benzene rings is 1. The number of aromatic nitrogens is 4. The predicted octanol–water partition coefficient (Wildman–Crippen LogP) is 1.82. The predicted molar refractivity (Wildman–Crippen MR) is 110 cm³/mol. The standard InChI is InChI=1S/C22H24N6O2/c1-15-8-18(27-26-15)11-25-21(30)22(9-17-6-4-3-5-7-17)13-28(14-22)20(29)19-12-23-16(2)10-24-19/h3-8,10,12H,9,11,13-14H2,1-2H3,(H,25,30)(H,26,27). The van der Waals surface area contributed by atoms with Crippen molar-refractivity contribution >= 4 is 11.8 Å². The summed E-state index contributed by atoms with van der Waals surface area (Å²) in [5, 5.41) is 10.0. The molecule has 0 radical (unpaired) electrons. The monoisotopic (exact) mass is 404 g/mol. The second-order valence-corrected chi connectivity index (χ2v) is 7.87. The molecule has 4 rings (SSSR count). The number of aryl methyl sites for hydroxylation is 2. The van der Waals surface area contributed by atoms with Crippen LogP contribution in [0.15, 0.2) is 48.8 Å². The van der Waals surface area contributed by atoms with Crippen LogP contribution in [0.4, 0.5) is 0 Å². The van der Waals surface area contributed by atoms with Gasteiger partial charge in [-0.05, 0) is 31.9 Å². The highest BCUT2D eigenvalue weighted by atomic mass is 16.2. The van der Waals surface area contributed by atoms with Crippen LogP contribution in [0.2, 0.25) is 0 Å². The highest BCUT2D eigenvalue weighted by Gasteiger charge is 2.51. The number of hydrogen-bond acceptors (Lipinski definition) is 5. The second-order valence-electron chi connectivity index (χ2n) is 7.87. The maximum absolute atomic E-state index is 13.2. The van der Waals surface area contributed by atoms with E-state index in [1.165, 1.54) is 6.20 Å². The second kappa shape index (κ2) is 8.06. The lowest BCUT2D eigenvalue weighted by atomic mass is 9.73. The normalized spacial score (nSPS) is 14.8. The first-order valence-corrected chi connectivity index (χ1v) is 9.86. The molecule has 0 spiro atoms. The molecule has 0 aliphatic carbocycles. The molecule has 1 aliphatic rings. The summed E-state index contributed by atoms with van der Waals surface area (Å²) in [7, 11) is 0. The number of rotatable bonds is 6. The average Bonchev–Trinajstić information content (AvgIpc) is 3.14. The minimum Gasteiger partial charge on any atom is -0.350 e. The van der Waals surface area contributed by atoms with E-state index in [-0.39, 0.29) is 11.8 Å². The van der Waals surface area contributed by atoms with Gasteiger partial charge in [-0.15, -0.1) is 0 Å². The summed E-state index contributed by atoms with van der Waals surface area (Å²) in [6, 6.07) is 11.8. The Labute approximate surface area is 174 Å². The third kappa shape index (κ3) is 4.07. The van der Waals surface area contributed by atoms with Crippen molar-refractivity contribution < 1.29 is 9.59 Å². The molecule has 3 aromatic rings. The maximum Gasteiger partial charge on any atom is 0.274 e. The van der Waals surface area contributed by atoms with Crippen LogP contribution in [0.1, 0.15) is 33.1 Å². The number of hydrogen-bond donors (Lipinski definition) is 2. The Morgan fingerprint density at radius 2 is 1.90 bits per heavy atom. The van der Waals surface area contributed by atoms with Crippen LogP contribution < -0.4 is 5.32 Å². The largest absolute Gasteiger partial charge is 0.350 e. The molecule has 0 saturated carbocycles. The minimum absolute atomic E-state index is 0.0777. The fourth-order valence-electron chi connectivity index (χ4n) is 3.74. The molecule has 30 heavy (non-hydrogen) atoms. The number of carbonyl (C=O) groups excluding carboxylic acids is 2. The smallest absolute Gasteiger partial charge is 0.274 e. The van der Waals surface area contributed by atoms with Crippen LogP contribution in [-0.4, -0.2) is 50.0 Å². The van der Waals surface area contributed by atoms with Gasteiger partial charge in [0.05, 0.1) is 29.5 Å². The molecule has 8 nitrogen and oxygen atoms in total. The van der Waals surface area contributed by atoms with E-state index in [0.717, 1.165) is 22.6 Å². The zero-order valence-electron chi connectivity index (χ0n) is 17.1. The van der Waals surface area contributed by atoms with Crippen LogP contribution in [0, 0.1) is 19.3 Å². The lowest BCUT2D eigenvalue weighted by Gasteiger charge is -2.48. The first kappa shape index (κ1) is 19.8. The van der Waals surface area contributed by atoms with Crippen molar-refractivity contribution in [3.63, 3.8) is 0 Å². The van der Waals surface area contributed by atoms with Crippen LogP contribution in [-0.2, 0) is 17.8 Å². The highest BCUT2D eigenvalue weighted by Crippen LogP contribution is 2.35. The van der Waals surface area contributed by atoms with E-state index in [1.54, 1.807) is 11.1 Å². The van der Waals surface area contributed by atoms with Gasteiger partial charge in [-0.3, -0.25) is 19.7 Å². The summed E-state index contributed by atoms with van der Waals surface area (Å²) < 4.78 is 0. The number of nitrogens with one attached hydrogen (secondary N) is 2. The number of aromatic amines is 1. The van der Waals surface area contributed by atoms with Gasteiger partial charge in [0.25, 0.3) is 5.91 Å². The van der Waals surface area contributed by atoms with Gasteiger partial charge in [0, 0.05) is 25.0 Å². The van der Waals surface area contributed by atoms with Gasteiger partial charge in [-0.1, -0.05) is 30.3 Å². The number of nitrogens with zero attached hydrogens (tertiary/aromatic N) is 4. The molecule has 1 aromatic carbocycles. The molecule has 1 fully saturated rings. The van der Waals surface area contributed by atoms with Gasteiger partial charge in [-0.2, -0.15) is 5.10 Å². The van der Waals surface area contributed by atoms with Crippen molar-refractivity contribution in [3.05, 3.63) is 77.1 Å². The van der Waals surface area contributed by atoms with E-state index in [2.05, 4.69) is 25.5 Å². The van der Waals surface area contributed by atoms with E-state index in [0.29, 0.717) is 31.7 Å². The lowest BCUT2D eigenvalue weighted by Crippen LogP contribution is -2.65. The maximum atomic E-state index is 13.2. The third-order valence-corrected chi connectivity index (χ3v) is 5.33. The number of carbonyl (C=O) groups is 2. The quantitative estimate of drug-likeness (QED) is 0.652. The summed E-state index contributed by atoms with van der Waals surface area (Å²) in [5.74, 6) is -0.284. The molecular weight excluding hydrogens is 380 g/mol. The molecule has 1 saturated heterocycles. The van der Waals surface area contributed by atoms with Gasteiger partial charge in [-0.25, -0.2) is 4.98 Å². The zero-order chi connectivity index (χ0) is 21.1. The fourth-order valence-corrected chi connectivity index (χ4v) is 3.74. The van der Waals surface area contributed by atoms with Gasteiger partial charge in [0.1, 0.15) is 5.69 Å². The average molecular weight is 404 g/mol. The Morgan fingerprint density at radius 3 is 2.53 bits per heavy atom. The van der Waals surface area contributed by atoms with E-state index in [4.69, 9.17) is 0 Å². The molecule has 0 bridgehead atoms. The summed E-state index contributed by atoms with van der Waals surface area (Å²) in [5.41, 5.74) is 3.14. The summed E-state index contributed by atoms with van der Waals surface area (Å²) in [6.07, 6.45) is 3.61. The van der Waals surface area contributed by atoms with Crippen molar-refractivity contribution in [3.8, 4) is 0 Å². The van der Waals surface area contributed by atoms with Crippen molar-refractivity contribution in [1.29, 1.82) is 0 Å². The Balaban J connectivity index is 1.48. The van der Waals surface area contributed by atoms with Gasteiger partial charge in [0.15, 0.2) is 0 Å². The van der Waals surface area contributed by atoms with E-state index in [9.17, 15) is 9.59 Å². The molecule has 2 amide bonds. The first-order chi connectivity index (χ1) is 14.4. The summed E-state index contributed by atoms with van der Waals surface area (Å²) in [4.78, 5) is 35.9. The van der Waals surface area contributed by atoms with E-state index < -0.39 is 5.41 Å². The Bertz CT molecular complexity index is 1040. The molecule has 0 unspecified atom stereocenters. The molecule has 0 atom stereocenters. The van der Waals surface area contributed by atoms with Gasteiger partial charge in [0.2, 0.25) is 5.91 Å². The molecule has 2 N–H and O–H groups in total. The number of amides is 2. The SMILES string of the molecule is Cc1cnc(C(=O)N2CC(Cc3ccccc3)(C(=O)NCc3cc(C)[nH]n3)C2)cn1. The summed E-state index contributed by atoms with van der Waals surface area (Å²) >= 11 is 0. The van der Waals surface area contributed by atoms with Crippen LogP contribution >= 0.6 is 0 Å². The van der Waals surface area contributed by atoms with Crippen molar-refractivity contribution in [2.45, 2.75) is 26.8 Å². The van der Waals surface area contributed by atoms with Gasteiger partial charge >= 0.3 is 0 Å². The van der Waals surface area contributed by atoms with Crippen molar-refractivity contribution in [2.24, 2.45) is 5.41 Å². The van der Waals surface area contributed by atoms with Crippen molar-refractivity contribution in [2.75, 3.05) is 13.1 Å². The molecule has 8 heteroatoms. The van der Waals surface area contributed by atoms with Gasteiger partial charge < -0.3 is 10.2 Å². The molecule has 3 heterocycles. The van der Waals surface area contributed by atoms with E-state index in [1.807, 2.05) is 50.2 Å². The topological polar surface area (TPSA) is 104 Å². The number of likely N-dealkylation sites (tertiary alicyclic amines) is 1. The number of H-pyrrole nitrogens is 1. The Morgan fingerprint density at radius 1 is 1.13 bits per heavy atom. The van der Waals surface area contributed by atoms with Crippen LogP contribution in [0.3, 0.4) is 0 Å². The molecular formula is C22H24N6O2. The van der Waals surface area contributed by atoms with Crippen molar-refractivity contribution in [1.82, 2.24) is 30.4 Å². The lowest BCUT2D eigenvalue weighted by molar-refractivity contribution is -0.139. The molecule has 154 valence electrons. The van der Waals surface area contributed by atoms with Crippen LogP contribution in [0.5, 0.6) is 0 Å². The Kier molecular flexibility index (Phi) is 5.31. The fraction of sp³-hybridized carbons (Fsp3) is 0.318. The van der Waals surface area contributed by atoms with E-state index >= 15 is 0 Å². The molecule has 1 aliphatic heterocycles. The third-order valence-electron chi connectivity index (χ3n) is 5.33. The first-order valence-electron chi connectivity index (χ1n) is 9.86. The minimum atomic E-state index is -0.680. The highest BCUT2D eigenvalue weighted by molar-refractivity contribution is 5.95. The zero-order valence-corrected chi connectivity index (χ0v) is 17.1. The van der Waals surface area contributed by atoms with Crippen LogP contribution in [0.25, 0.3) is 0 Å².